The summed E-state index contributed by atoms with van der Waals surface area (Å²) >= 11 is 13.6. The fourth-order valence-corrected chi connectivity index (χ4v) is 3.69. The molecule has 0 saturated carbocycles. The number of nitrogens with one attached hydrogen (secondary N) is 1. The van der Waals surface area contributed by atoms with Gasteiger partial charge in [-0.15, -0.1) is 11.3 Å². The summed E-state index contributed by atoms with van der Waals surface area (Å²) in [6.07, 6.45) is 2.17. The average molecular weight is 381 g/mol. The number of aromatic nitrogens is 3. The van der Waals surface area contributed by atoms with Gasteiger partial charge in [0.25, 0.3) is 5.91 Å². The number of carbonyl (C=O) groups is 1. The predicted molar refractivity (Wildman–Crippen MR) is 97.3 cm³/mol. The number of hydrogen-bond acceptors (Lipinski definition) is 4. The number of anilines is 1. The summed E-state index contributed by atoms with van der Waals surface area (Å²) in [5, 5.41) is 9.69. The SMILES string of the molecule is Cc1nc(Cc2ccc(Cl)cc2Cl)sc1NC(=O)c1ccnn1C. The summed E-state index contributed by atoms with van der Waals surface area (Å²) in [6.45, 7) is 1.86. The zero-order valence-electron chi connectivity index (χ0n) is 13.0. The molecule has 1 amide bonds. The van der Waals surface area contributed by atoms with Crippen LogP contribution < -0.4 is 5.32 Å². The van der Waals surface area contributed by atoms with Crippen molar-refractivity contribution in [1.82, 2.24) is 14.8 Å². The third-order valence-corrected chi connectivity index (χ3v) is 5.14. The largest absolute Gasteiger partial charge is 0.311 e. The summed E-state index contributed by atoms with van der Waals surface area (Å²) in [7, 11) is 1.72. The molecule has 0 radical (unpaired) electrons. The van der Waals surface area contributed by atoms with Gasteiger partial charge in [-0.1, -0.05) is 29.3 Å². The van der Waals surface area contributed by atoms with Gasteiger partial charge in [-0.25, -0.2) is 4.98 Å². The fraction of sp³-hybridized carbons (Fsp3) is 0.188. The minimum atomic E-state index is -0.210. The van der Waals surface area contributed by atoms with E-state index in [2.05, 4.69) is 15.4 Å². The van der Waals surface area contributed by atoms with E-state index in [1.165, 1.54) is 16.0 Å². The number of rotatable bonds is 4. The summed E-state index contributed by atoms with van der Waals surface area (Å²) in [5.41, 5.74) is 2.21. The number of carbonyl (C=O) groups excluding carboxylic acids is 1. The molecule has 0 saturated heterocycles. The average Bonchev–Trinajstić information content (AvgIpc) is 3.08. The lowest BCUT2D eigenvalue weighted by molar-refractivity contribution is 0.101. The molecule has 2 aromatic heterocycles. The molecule has 0 fully saturated rings. The Bertz CT molecular complexity index is 903. The lowest BCUT2D eigenvalue weighted by Crippen LogP contribution is -2.15. The molecule has 0 unspecified atom stereocenters. The minimum Gasteiger partial charge on any atom is -0.311 e. The highest BCUT2D eigenvalue weighted by atomic mass is 35.5. The van der Waals surface area contributed by atoms with Crippen LogP contribution in [0.15, 0.2) is 30.5 Å². The number of halogens is 2. The molecule has 1 N–H and O–H groups in total. The maximum atomic E-state index is 12.3. The number of amides is 1. The van der Waals surface area contributed by atoms with Crippen molar-refractivity contribution in [2.75, 3.05) is 5.32 Å². The Hall–Kier alpha value is -1.89. The quantitative estimate of drug-likeness (QED) is 0.732. The van der Waals surface area contributed by atoms with Gasteiger partial charge < -0.3 is 5.32 Å². The molecule has 0 atom stereocenters. The second-order valence-corrected chi connectivity index (χ2v) is 7.16. The van der Waals surface area contributed by atoms with Crippen LogP contribution in [0.5, 0.6) is 0 Å². The molecule has 0 bridgehead atoms. The van der Waals surface area contributed by atoms with Crippen molar-refractivity contribution < 1.29 is 4.79 Å². The fourth-order valence-electron chi connectivity index (χ4n) is 2.24. The van der Waals surface area contributed by atoms with Crippen LogP contribution in [-0.4, -0.2) is 20.7 Å². The van der Waals surface area contributed by atoms with Crippen LogP contribution in [0, 0.1) is 6.92 Å². The molecule has 8 heteroatoms. The first-order valence-electron chi connectivity index (χ1n) is 7.13. The van der Waals surface area contributed by atoms with Crippen molar-refractivity contribution in [3.8, 4) is 0 Å². The van der Waals surface area contributed by atoms with Gasteiger partial charge >= 0.3 is 0 Å². The molecule has 3 aromatic rings. The van der Waals surface area contributed by atoms with Crippen LogP contribution in [0.3, 0.4) is 0 Å². The van der Waals surface area contributed by atoms with Crippen LogP contribution in [0.2, 0.25) is 10.0 Å². The third-order valence-electron chi connectivity index (χ3n) is 3.48. The molecule has 0 spiro atoms. The van der Waals surface area contributed by atoms with E-state index in [1.807, 2.05) is 13.0 Å². The molecule has 2 heterocycles. The number of hydrogen-bond donors (Lipinski definition) is 1. The lowest BCUT2D eigenvalue weighted by atomic mass is 10.1. The first-order valence-corrected chi connectivity index (χ1v) is 8.71. The van der Waals surface area contributed by atoms with E-state index in [9.17, 15) is 4.79 Å². The molecular weight excluding hydrogens is 367 g/mol. The minimum absolute atomic E-state index is 0.210. The number of aryl methyl sites for hydroxylation is 2. The predicted octanol–water partition coefficient (Wildman–Crippen LogP) is 4.33. The standard InChI is InChI=1S/C16H14Cl2N4OS/c1-9-16(21-15(23)13-5-6-19-22(13)2)24-14(20-9)7-10-3-4-11(17)8-12(10)18/h3-6,8H,7H2,1-2H3,(H,21,23). The molecule has 124 valence electrons. The van der Waals surface area contributed by atoms with Gasteiger partial charge in [-0.3, -0.25) is 9.48 Å². The molecule has 3 rings (SSSR count). The summed E-state index contributed by atoms with van der Waals surface area (Å²) < 4.78 is 1.53. The second kappa shape index (κ2) is 6.93. The van der Waals surface area contributed by atoms with Crippen LogP contribution in [-0.2, 0) is 13.5 Å². The Morgan fingerprint density at radius 1 is 1.33 bits per heavy atom. The molecule has 1 aromatic carbocycles. The van der Waals surface area contributed by atoms with Gasteiger partial charge in [0.1, 0.15) is 10.7 Å². The number of benzene rings is 1. The Labute approximate surface area is 153 Å². The van der Waals surface area contributed by atoms with Crippen LogP contribution in [0.25, 0.3) is 0 Å². The summed E-state index contributed by atoms with van der Waals surface area (Å²) in [4.78, 5) is 16.8. The van der Waals surface area contributed by atoms with Crippen molar-refractivity contribution >= 4 is 45.4 Å². The first-order chi connectivity index (χ1) is 11.4. The maximum absolute atomic E-state index is 12.3. The van der Waals surface area contributed by atoms with E-state index in [1.54, 1.807) is 31.4 Å². The van der Waals surface area contributed by atoms with Gasteiger partial charge in [-0.05, 0) is 30.7 Å². The van der Waals surface area contributed by atoms with Gasteiger partial charge in [-0.2, -0.15) is 5.10 Å². The molecule has 0 aliphatic heterocycles. The lowest BCUT2D eigenvalue weighted by Gasteiger charge is -2.03. The van der Waals surface area contributed by atoms with Gasteiger partial charge in [0, 0.05) is 29.7 Å². The maximum Gasteiger partial charge on any atom is 0.274 e. The van der Waals surface area contributed by atoms with Crippen molar-refractivity contribution in [3.05, 3.63) is 62.5 Å². The number of thiazole rings is 1. The molecular formula is C16H14Cl2N4OS. The second-order valence-electron chi connectivity index (χ2n) is 5.23. The van der Waals surface area contributed by atoms with Crippen molar-refractivity contribution in [1.29, 1.82) is 0 Å². The Morgan fingerprint density at radius 2 is 2.12 bits per heavy atom. The van der Waals surface area contributed by atoms with E-state index in [0.717, 1.165) is 21.3 Å². The van der Waals surface area contributed by atoms with E-state index < -0.39 is 0 Å². The van der Waals surface area contributed by atoms with E-state index in [4.69, 9.17) is 23.2 Å². The Balaban J connectivity index is 1.78. The number of nitrogens with zero attached hydrogens (tertiary/aromatic N) is 3. The van der Waals surface area contributed by atoms with E-state index >= 15 is 0 Å². The smallest absolute Gasteiger partial charge is 0.274 e. The van der Waals surface area contributed by atoms with Crippen molar-refractivity contribution in [3.63, 3.8) is 0 Å². The monoisotopic (exact) mass is 380 g/mol. The highest BCUT2D eigenvalue weighted by Gasteiger charge is 2.15. The van der Waals surface area contributed by atoms with Crippen LogP contribution in [0.1, 0.15) is 26.8 Å². The zero-order chi connectivity index (χ0) is 17.3. The Kier molecular flexibility index (Phi) is 4.89. The third kappa shape index (κ3) is 3.61. The molecule has 0 aliphatic carbocycles. The van der Waals surface area contributed by atoms with Gasteiger partial charge in [0.05, 0.1) is 10.7 Å². The topological polar surface area (TPSA) is 59.8 Å². The molecule has 0 aliphatic rings. The zero-order valence-corrected chi connectivity index (χ0v) is 15.3. The van der Waals surface area contributed by atoms with Gasteiger partial charge in [0.2, 0.25) is 0 Å². The van der Waals surface area contributed by atoms with Crippen LogP contribution in [0.4, 0.5) is 5.00 Å². The summed E-state index contributed by atoms with van der Waals surface area (Å²) in [5.74, 6) is -0.210. The van der Waals surface area contributed by atoms with Gasteiger partial charge in [0.15, 0.2) is 0 Å². The highest BCUT2D eigenvalue weighted by molar-refractivity contribution is 7.16. The molecule has 5 nitrogen and oxygen atoms in total. The molecule has 24 heavy (non-hydrogen) atoms. The summed E-state index contributed by atoms with van der Waals surface area (Å²) in [6, 6.07) is 7.06. The normalized spacial score (nSPS) is 10.8. The van der Waals surface area contributed by atoms with Crippen LogP contribution >= 0.6 is 34.5 Å². The van der Waals surface area contributed by atoms with E-state index in [-0.39, 0.29) is 5.91 Å². The highest BCUT2D eigenvalue weighted by Crippen LogP contribution is 2.29. The van der Waals surface area contributed by atoms with E-state index in [0.29, 0.717) is 22.2 Å². The van der Waals surface area contributed by atoms with Crippen molar-refractivity contribution in [2.24, 2.45) is 7.05 Å². The Morgan fingerprint density at radius 3 is 2.79 bits per heavy atom. The first kappa shape index (κ1) is 17.0. The van der Waals surface area contributed by atoms with Crippen molar-refractivity contribution in [2.45, 2.75) is 13.3 Å².